The molecule has 0 spiro atoms. The van der Waals surface area contributed by atoms with Crippen LogP contribution in [0, 0.1) is 0 Å². The lowest BCUT2D eigenvalue weighted by Gasteiger charge is -2.14. The van der Waals surface area contributed by atoms with E-state index >= 15 is 0 Å². The van der Waals surface area contributed by atoms with Gasteiger partial charge in [-0.3, -0.25) is 0 Å². The van der Waals surface area contributed by atoms with Crippen molar-refractivity contribution >= 4 is 11.4 Å². The molecule has 94 valence electrons. The fraction of sp³-hybridized carbons (Fsp3) is 0.250. The zero-order valence-electron chi connectivity index (χ0n) is 11.1. The van der Waals surface area contributed by atoms with Crippen LogP contribution in [0.25, 0.3) is 0 Å². The minimum Gasteiger partial charge on any atom is -0.496 e. The Hall–Kier alpha value is -1.96. The molecular weight excluding hydrogens is 222 g/mol. The fourth-order valence-electron chi connectivity index (χ4n) is 1.95. The molecule has 0 aliphatic rings. The molecule has 0 saturated carbocycles. The second-order valence-corrected chi connectivity index (χ2v) is 4.60. The van der Waals surface area contributed by atoms with E-state index in [0.717, 1.165) is 17.1 Å². The second kappa shape index (κ2) is 5.58. The van der Waals surface area contributed by atoms with Gasteiger partial charge in [0.15, 0.2) is 0 Å². The van der Waals surface area contributed by atoms with E-state index < -0.39 is 0 Å². The molecule has 18 heavy (non-hydrogen) atoms. The lowest BCUT2D eigenvalue weighted by molar-refractivity contribution is 0.407. The first-order valence-corrected chi connectivity index (χ1v) is 6.20. The Morgan fingerprint density at radius 2 is 1.67 bits per heavy atom. The van der Waals surface area contributed by atoms with Crippen LogP contribution in [0.15, 0.2) is 48.5 Å². The molecule has 0 aromatic heterocycles. The number of anilines is 2. The van der Waals surface area contributed by atoms with E-state index in [0.29, 0.717) is 5.92 Å². The molecule has 1 N–H and O–H groups in total. The van der Waals surface area contributed by atoms with Gasteiger partial charge in [-0.2, -0.15) is 0 Å². The first-order chi connectivity index (χ1) is 8.70. The van der Waals surface area contributed by atoms with E-state index in [1.54, 1.807) is 7.11 Å². The number of benzene rings is 2. The van der Waals surface area contributed by atoms with E-state index in [4.69, 9.17) is 4.74 Å². The third-order valence-electron chi connectivity index (χ3n) is 2.91. The third-order valence-corrected chi connectivity index (χ3v) is 2.91. The normalized spacial score (nSPS) is 10.4. The van der Waals surface area contributed by atoms with E-state index in [2.05, 4.69) is 37.4 Å². The largest absolute Gasteiger partial charge is 0.496 e. The molecule has 0 unspecified atom stereocenters. The molecular formula is C16H19NO. The van der Waals surface area contributed by atoms with Crippen LogP contribution in [0.5, 0.6) is 5.75 Å². The number of hydrogen-bond donors (Lipinski definition) is 1. The lowest BCUT2D eigenvalue weighted by atomic mass is 10.0. The Kier molecular flexibility index (Phi) is 3.88. The number of methoxy groups -OCH3 is 1. The summed E-state index contributed by atoms with van der Waals surface area (Å²) in [5.74, 6) is 1.39. The molecule has 0 atom stereocenters. The highest BCUT2D eigenvalue weighted by atomic mass is 16.5. The van der Waals surface area contributed by atoms with Crippen LogP contribution >= 0.6 is 0 Å². The standard InChI is InChI=1S/C16H19NO/c1-12(2)15-11-14(9-10-16(15)18-3)17-13-7-5-4-6-8-13/h4-12,17H,1-3H3. The van der Waals surface area contributed by atoms with Crippen LogP contribution in [0.2, 0.25) is 0 Å². The molecule has 0 saturated heterocycles. The lowest BCUT2D eigenvalue weighted by Crippen LogP contribution is -1.97. The van der Waals surface area contributed by atoms with Gasteiger partial charge < -0.3 is 10.1 Å². The van der Waals surface area contributed by atoms with Crippen LogP contribution in [0.4, 0.5) is 11.4 Å². The second-order valence-electron chi connectivity index (χ2n) is 4.60. The Bertz CT molecular complexity index is 506. The van der Waals surface area contributed by atoms with Gasteiger partial charge in [0.25, 0.3) is 0 Å². The molecule has 2 heteroatoms. The van der Waals surface area contributed by atoms with Crippen molar-refractivity contribution < 1.29 is 4.74 Å². The molecule has 2 rings (SSSR count). The highest BCUT2D eigenvalue weighted by Crippen LogP contribution is 2.30. The van der Waals surface area contributed by atoms with Crippen LogP contribution in [-0.2, 0) is 0 Å². The fourth-order valence-corrected chi connectivity index (χ4v) is 1.95. The highest BCUT2D eigenvalue weighted by Gasteiger charge is 2.08. The van der Waals surface area contributed by atoms with Crippen molar-refractivity contribution in [1.29, 1.82) is 0 Å². The van der Waals surface area contributed by atoms with Crippen LogP contribution in [0.1, 0.15) is 25.3 Å². The zero-order chi connectivity index (χ0) is 13.0. The Labute approximate surface area is 109 Å². The van der Waals surface area contributed by atoms with E-state index in [9.17, 15) is 0 Å². The first kappa shape index (κ1) is 12.5. The number of para-hydroxylation sites is 1. The minimum absolute atomic E-state index is 0.442. The minimum atomic E-state index is 0.442. The van der Waals surface area contributed by atoms with Crippen molar-refractivity contribution in [2.75, 3.05) is 12.4 Å². The molecule has 2 nitrogen and oxygen atoms in total. The number of hydrogen-bond acceptors (Lipinski definition) is 2. The quantitative estimate of drug-likeness (QED) is 0.847. The van der Waals surface area contributed by atoms with Gasteiger partial charge in [-0.15, -0.1) is 0 Å². The Morgan fingerprint density at radius 1 is 0.944 bits per heavy atom. The van der Waals surface area contributed by atoms with Crippen molar-refractivity contribution in [2.24, 2.45) is 0 Å². The van der Waals surface area contributed by atoms with E-state index in [-0.39, 0.29) is 0 Å². The summed E-state index contributed by atoms with van der Waals surface area (Å²) in [5.41, 5.74) is 3.40. The van der Waals surface area contributed by atoms with Crippen molar-refractivity contribution in [3.8, 4) is 5.75 Å². The summed E-state index contributed by atoms with van der Waals surface area (Å²) >= 11 is 0. The topological polar surface area (TPSA) is 21.3 Å². The Morgan fingerprint density at radius 3 is 2.28 bits per heavy atom. The average Bonchev–Trinajstić information content (AvgIpc) is 2.40. The van der Waals surface area contributed by atoms with E-state index in [1.165, 1.54) is 5.56 Å². The highest BCUT2D eigenvalue weighted by molar-refractivity contribution is 5.62. The monoisotopic (exact) mass is 241 g/mol. The van der Waals surface area contributed by atoms with Crippen LogP contribution < -0.4 is 10.1 Å². The van der Waals surface area contributed by atoms with Gasteiger partial charge in [0.2, 0.25) is 0 Å². The van der Waals surface area contributed by atoms with Gasteiger partial charge in [0, 0.05) is 11.4 Å². The Balaban J connectivity index is 2.27. The van der Waals surface area contributed by atoms with Gasteiger partial charge >= 0.3 is 0 Å². The first-order valence-electron chi connectivity index (χ1n) is 6.20. The third kappa shape index (κ3) is 2.83. The number of rotatable bonds is 4. The number of nitrogens with one attached hydrogen (secondary N) is 1. The molecule has 0 bridgehead atoms. The predicted octanol–water partition coefficient (Wildman–Crippen LogP) is 4.56. The molecule has 2 aromatic rings. The van der Waals surface area contributed by atoms with Crippen molar-refractivity contribution in [3.63, 3.8) is 0 Å². The zero-order valence-corrected chi connectivity index (χ0v) is 11.1. The van der Waals surface area contributed by atoms with Crippen LogP contribution in [-0.4, -0.2) is 7.11 Å². The summed E-state index contributed by atoms with van der Waals surface area (Å²) in [7, 11) is 1.71. The van der Waals surface area contributed by atoms with E-state index in [1.807, 2.05) is 30.3 Å². The SMILES string of the molecule is COc1ccc(Nc2ccccc2)cc1C(C)C. The molecule has 0 amide bonds. The molecule has 0 aliphatic heterocycles. The summed E-state index contributed by atoms with van der Waals surface area (Å²) < 4.78 is 5.38. The molecule has 2 aromatic carbocycles. The maximum atomic E-state index is 5.38. The summed E-state index contributed by atoms with van der Waals surface area (Å²) in [6.45, 7) is 4.34. The van der Waals surface area contributed by atoms with Gasteiger partial charge in [0.05, 0.1) is 7.11 Å². The summed E-state index contributed by atoms with van der Waals surface area (Å²) in [4.78, 5) is 0. The summed E-state index contributed by atoms with van der Waals surface area (Å²) in [6.07, 6.45) is 0. The van der Waals surface area contributed by atoms with Crippen molar-refractivity contribution in [1.82, 2.24) is 0 Å². The van der Waals surface area contributed by atoms with Gasteiger partial charge in [0.1, 0.15) is 5.75 Å². The van der Waals surface area contributed by atoms with Gasteiger partial charge in [-0.25, -0.2) is 0 Å². The maximum Gasteiger partial charge on any atom is 0.122 e. The molecule has 0 heterocycles. The van der Waals surface area contributed by atoms with Crippen LogP contribution in [0.3, 0.4) is 0 Å². The maximum absolute atomic E-state index is 5.38. The van der Waals surface area contributed by atoms with Gasteiger partial charge in [-0.05, 0) is 41.8 Å². The predicted molar refractivity (Wildman–Crippen MR) is 76.8 cm³/mol. The van der Waals surface area contributed by atoms with Gasteiger partial charge in [-0.1, -0.05) is 32.0 Å². The summed E-state index contributed by atoms with van der Waals surface area (Å²) in [5, 5.41) is 3.39. The van der Waals surface area contributed by atoms with Crippen molar-refractivity contribution in [2.45, 2.75) is 19.8 Å². The molecule has 0 radical (unpaired) electrons. The smallest absolute Gasteiger partial charge is 0.122 e. The molecule has 0 fully saturated rings. The number of ether oxygens (including phenoxy) is 1. The molecule has 0 aliphatic carbocycles. The average molecular weight is 241 g/mol. The summed E-state index contributed by atoms with van der Waals surface area (Å²) in [6, 6.07) is 16.4. The van der Waals surface area contributed by atoms with Crippen molar-refractivity contribution in [3.05, 3.63) is 54.1 Å².